The van der Waals surface area contributed by atoms with Gasteiger partial charge in [0.25, 0.3) is 16.8 Å². The third kappa shape index (κ3) is 6.05. The zero-order valence-electron chi connectivity index (χ0n) is 18.1. The van der Waals surface area contributed by atoms with E-state index in [4.69, 9.17) is 9.47 Å². The van der Waals surface area contributed by atoms with Crippen molar-refractivity contribution in [1.29, 1.82) is 0 Å². The Hall–Kier alpha value is -3.13. The predicted molar refractivity (Wildman–Crippen MR) is 132 cm³/mol. The molecule has 3 rings (SSSR count). The van der Waals surface area contributed by atoms with Gasteiger partial charge in [-0.2, -0.15) is 0 Å². The van der Waals surface area contributed by atoms with Gasteiger partial charge in [-0.1, -0.05) is 12.1 Å². The topological polar surface area (TPSA) is 125 Å². The number of carbonyl (C=O) groups excluding carboxylic acids is 3. The molecule has 178 valence electrons. The second-order valence-corrected chi connectivity index (χ2v) is 8.97. The van der Waals surface area contributed by atoms with Crippen molar-refractivity contribution in [2.24, 2.45) is 0 Å². The number of nitro benzene ring substituents is 1. The van der Waals surface area contributed by atoms with Crippen LogP contribution in [0.3, 0.4) is 0 Å². The zero-order chi connectivity index (χ0) is 24.8. The summed E-state index contributed by atoms with van der Waals surface area (Å²) in [4.78, 5) is 48.4. The third-order valence-corrected chi connectivity index (χ3v) is 6.26. The molecule has 1 fully saturated rings. The molecule has 0 N–H and O–H groups in total. The van der Waals surface area contributed by atoms with Crippen molar-refractivity contribution in [3.8, 4) is 11.5 Å². The van der Waals surface area contributed by atoms with Gasteiger partial charge < -0.3 is 14.2 Å². The average molecular weight is 598 g/mol. The quantitative estimate of drug-likeness (QED) is 0.136. The average Bonchev–Trinajstić information content (AvgIpc) is 3.06. The molecule has 0 spiro atoms. The van der Waals surface area contributed by atoms with Gasteiger partial charge in [0, 0.05) is 12.1 Å². The lowest BCUT2D eigenvalue weighted by atomic mass is 10.1. The van der Waals surface area contributed by atoms with Gasteiger partial charge in [-0.25, -0.2) is 4.79 Å². The van der Waals surface area contributed by atoms with E-state index in [0.29, 0.717) is 32.8 Å². The predicted octanol–water partition coefficient (Wildman–Crippen LogP) is 4.39. The Balaban J connectivity index is 1.81. The molecule has 2 amide bonds. The molecule has 2 aromatic carbocycles. The largest absolute Gasteiger partial charge is 0.490 e. The molecule has 1 heterocycles. The molecule has 1 aliphatic rings. The van der Waals surface area contributed by atoms with Gasteiger partial charge in [-0.15, -0.1) is 0 Å². The SMILES string of the molecule is CCOc1cc(/C=C2/SC(=O)N(Cc3ccc([N+](=O)[O-])cc3)C2=O)cc(I)c1OCC(=O)OC. The van der Waals surface area contributed by atoms with Crippen molar-refractivity contribution in [2.45, 2.75) is 13.5 Å². The minimum Gasteiger partial charge on any atom is -0.490 e. The van der Waals surface area contributed by atoms with Crippen molar-refractivity contribution in [3.05, 3.63) is 66.1 Å². The molecular weight excluding hydrogens is 579 g/mol. The van der Waals surface area contributed by atoms with Gasteiger partial charge in [0.15, 0.2) is 18.1 Å². The fourth-order valence-corrected chi connectivity index (χ4v) is 4.58. The maximum absolute atomic E-state index is 12.9. The summed E-state index contributed by atoms with van der Waals surface area (Å²) in [7, 11) is 1.26. The van der Waals surface area contributed by atoms with E-state index in [2.05, 4.69) is 4.74 Å². The number of nitrogens with zero attached hydrogens (tertiary/aromatic N) is 2. The Bertz CT molecular complexity index is 1170. The van der Waals surface area contributed by atoms with E-state index in [1.54, 1.807) is 25.1 Å². The molecular formula is C22H19IN2O8S. The van der Waals surface area contributed by atoms with Crippen LogP contribution in [0.4, 0.5) is 10.5 Å². The highest BCUT2D eigenvalue weighted by Gasteiger charge is 2.35. The van der Waals surface area contributed by atoms with Crippen LogP contribution in [0.5, 0.6) is 11.5 Å². The maximum Gasteiger partial charge on any atom is 0.343 e. The number of methoxy groups -OCH3 is 1. The molecule has 0 atom stereocenters. The highest BCUT2D eigenvalue weighted by Crippen LogP contribution is 2.38. The fourth-order valence-electron chi connectivity index (χ4n) is 2.96. The minimum atomic E-state index is -0.538. The Morgan fingerprint density at radius 3 is 2.53 bits per heavy atom. The van der Waals surface area contributed by atoms with Crippen LogP contribution >= 0.6 is 34.4 Å². The number of imide groups is 1. The molecule has 0 radical (unpaired) electrons. The molecule has 0 bridgehead atoms. The summed E-state index contributed by atoms with van der Waals surface area (Å²) in [5, 5.41) is 10.4. The Morgan fingerprint density at radius 2 is 1.91 bits per heavy atom. The lowest BCUT2D eigenvalue weighted by Gasteiger charge is -2.14. The summed E-state index contributed by atoms with van der Waals surface area (Å²) in [6, 6.07) is 9.06. The number of nitro groups is 1. The third-order valence-electron chi connectivity index (χ3n) is 4.55. The van der Waals surface area contributed by atoms with Crippen LogP contribution in [0, 0.1) is 13.7 Å². The van der Waals surface area contributed by atoms with E-state index in [-0.39, 0.29) is 23.7 Å². The van der Waals surface area contributed by atoms with Crippen LogP contribution in [0.2, 0.25) is 0 Å². The summed E-state index contributed by atoms with van der Waals surface area (Å²) in [5.74, 6) is -0.248. The second kappa shape index (κ2) is 11.3. The lowest BCUT2D eigenvalue weighted by molar-refractivity contribution is -0.384. The molecule has 2 aromatic rings. The van der Waals surface area contributed by atoms with Gasteiger partial charge >= 0.3 is 5.97 Å². The van der Waals surface area contributed by atoms with Gasteiger partial charge in [0.1, 0.15) is 0 Å². The van der Waals surface area contributed by atoms with Crippen molar-refractivity contribution in [1.82, 2.24) is 4.90 Å². The molecule has 1 aliphatic heterocycles. The monoisotopic (exact) mass is 598 g/mol. The zero-order valence-corrected chi connectivity index (χ0v) is 21.1. The summed E-state index contributed by atoms with van der Waals surface area (Å²) >= 11 is 2.83. The van der Waals surface area contributed by atoms with E-state index in [1.807, 2.05) is 22.6 Å². The first-order valence-corrected chi connectivity index (χ1v) is 11.8. The normalized spacial score (nSPS) is 14.4. The van der Waals surface area contributed by atoms with Crippen molar-refractivity contribution in [2.75, 3.05) is 20.3 Å². The molecule has 34 heavy (non-hydrogen) atoms. The molecule has 0 aromatic heterocycles. The Morgan fingerprint density at radius 1 is 1.21 bits per heavy atom. The molecule has 10 nitrogen and oxygen atoms in total. The first-order chi connectivity index (χ1) is 16.2. The van der Waals surface area contributed by atoms with Gasteiger partial charge in [-0.3, -0.25) is 24.6 Å². The number of thioether (sulfide) groups is 1. The maximum atomic E-state index is 12.9. The van der Waals surface area contributed by atoms with Crippen LogP contribution in [-0.4, -0.2) is 47.3 Å². The molecule has 0 saturated carbocycles. The highest BCUT2D eigenvalue weighted by atomic mass is 127. The number of benzene rings is 2. The number of hydrogen-bond donors (Lipinski definition) is 0. The minimum absolute atomic E-state index is 0.00202. The van der Waals surface area contributed by atoms with Crippen LogP contribution < -0.4 is 9.47 Å². The number of rotatable bonds is 9. The highest BCUT2D eigenvalue weighted by molar-refractivity contribution is 14.1. The van der Waals surface area contributed by atoms with Gasteiger partial charge in [-0.05, 0) is 70.6 Å². The first-order valence-electron chi connectivity index (χ1n) is 9.88. The van der Waals surface area contributed by atoms with Crippen LogP contribution in [0.1, 0.15) is 18.1 Å². The molecule has 12 heteroatoms. The lowest BCUT2D eigenvalue weighted by Crippen LogP contribution is -2.27. The molecule has 0 aliphatic carbocycles. The summed E-state index contributed by atoms with van der Waals surface area (Å²) in [6.07, 6.45) is 1.58. The number of ether oxygens (including phenoxy) is 3. The van der Waals surface area contributed by atoms with E-state index in [0.717, 1.165) is 16.7 Å². The number of esters is 1. The molecule has 0 unspecified atom stereocenters. The second-order valence-electron chi connectivity index (χ2n) is 6.82. The standard InChI is InChI=1S/C22H19IN2O8S/c1-3-32-17-9-14(8-16(23)20(17)33-12-19(26)31-2)10-18-21(27)24(22(28)34-18)11-13-4-6-15(7-5-13)25(29)30/h4-10H,3,11-12H2,1-2H3/b18-10+. The number of hydrogen-bond acceptors (Lipinski definition) is 9. The summed E-state index contributed by atoms with van der Waals surface area (Å²) in [6.45, 7) is 1.86. The van der Waals surface area contributed by atoms with Crippen LogP contribution in [0.15, 0.2) is 41.3 Å². The van der Waals surface area contributed by atoms with Crippen molar-refractivity contribution in [3.63, 3.8) is 0 Å². The summed E-state index contributed by atoms with van der Waals surface area (Å²) < 4.78 is 16.4. The number of carbonyl (C=O) groups is 3. The van der Waals surface area contributed by atoms with Crippen molar-refractivity contribution < 1.29 is 33.5 Å². The first kappa shape index (κ1) is 25.5. The Kier molecular flexibility index (Phi) is 8.50. The van der Waals surface area contributed by atoms with Crippen molar-refractivity contribution >= 4 is 63.2 Å². The van der Waals surface area contributed by atoms with Gasteiger partial charge in [0.2, 0.25) is 0 Å². The smallest absolute Gasteiger partial charge is 0.343 e. The van der Waals surface area contributed by atoms with E-state index in [1.165, 1.54) is 31.4 Å². The van der Waals surface area contributed by atoms with Gasteiger partial charge in [0.05, 0.1) is 33.7 Å². The number of non-ortho nitro benzene ring substituents is 1. The fraction of sp³-hybridized carbons (Fsp3) is 0.227. The van der Waals surface area contributed by atoms with Crippen LogP contribution in [0.25, 0.3) is 6.08 Å². The molecule has 1 saturated heterocycles. The van der Waals surface area contributed by atoms with E-state index >= 15 is 0 Å². The summed E-state index contributed by atoms with van der Waals surface area (Å²) in [5.41, 5.74) is 1.13. The number of amides is 2. The van der Waals surface area contributed by atoms with E-state index in [9.17, 15) is 24.5 Å². The number of halogens is 1. The van der Waals surface area contributed by atoms with Crippen LogP contribution in [-0.2, 0) is 20.9 Å². The Labute approximate surface area is 212 Å². The van der Waals surface area contributed by atoms with E-state index < -0.39 is 22.0 Å².